The molecule has 1 aliphatic heterocycles. The van der Waals surface area contributed by atoms with E-state index < -0.39 is 12.0 Å². The summed E-state index contributed by atoms with van der Waals surface area (Å²) in [5, 5.41) is 9.76. The van der Waals surface area contributed by atoms with Gasteiger partial charge >= 0.3 is 5.97 Å². The van der Waals surface area contributed by atoms with Gasteiger partial charge in [-0.3, -0.25) is 9.59 Å². The zero-order chi connectivity index (χ0) is 18.5. The minimum atomic E-state index is -0.674. The van der Waals surface area contributed by atoms with Crippen LogP contribution >= 0.6 is 0 Å². The second kappa shape index (κ2) is 7.83. The van der Waals surface area contributed by atoms with E-state index in [1.165, 1.54) is 7.11 Å². The Morgan fingerprint density at radius 2 is 1.69 bits per heavy atom. The molecule has 0 radical (unpaired) electrons. The number of nitrogens with zero attached hydrogens (tertiary/aromatic N) is 2. The lowest BCUT2D eigenvalue weighted by atomic mass is 9.94. The molecule has 0 aromatic heterocycles. The second-order valence-electron chi connectivity index (χ2n) is 6.34. The highest BCUT2D eigenvalue weighted by atomic mass is 16.5. The number of methoxy groups -OCH3 is 1. The fourth-order valence-corrected chi connectivity index (χ4v) is 3.56. The number of nitriles is 1. The van der Waals surface area contributed by atoms with Gasteiger partial charge in [0.25, 0.3) is 0 Å². The predicted molar refractivity (Wildman–Crippen MR) is 95.7 cm³/mol. The summed E-state index contributed by atoms with van der Waals surface area (Å²) in [7, 11) is 1.31. The van der Waals surface area contributed by atoms with Crippen LogP contribution in [0.4, 0.5) is 0 Å². The maximum Gasteiger partial charge on any atom is 0.305 e. The Morgan fingerprint density at radius 1 is 1.15 bits per heavy atom. The van der Waals surface area contributed by atoms with E-state index in [1.807, 2.05) is 60.7 Å². The third-order valence-corrected chi connectivity index (χ3v) is 4.77. The highest BCUT2D eigenvalue weighted by molar-refractivity contribution is 5.82. The average molecular weight is 348 g/mol. The molecule has 0 spiro atoms. The summed E-state index contributed by atoms with van der Waals surface area (Å²) in [6.07, 6.45) is 0.233. The number of benzene rings is 2. The number of ether oxygens (including phenoxy) is 1. The van der Waals surface area contributed by atoms with Crippen molar-refractivity contribution in [3.63, 3.8) is 0 Å². The number of carbonyl (C=O) groups excluding carboxylic acids is 2. The fourth-order valence-electron chi connectivity index (χ4n) is 3.56. The molecule has 5 nitrogen and oxygen atoms in total. The van der Waals surface area contributed by atoms with Crippen LogP contribution in [-0.4, -0.2) is 29.9 Å². The molecular formula is C21H20N2O3. The number of likely N-dealkylation sites (tertiary alicyclic amines) is 1. The maximum atomic E-state index is 12.8. The van der Waals surface area contributed by atoms with E-state index in [9.17, 15) is 14.9 Å². The number of esters is 1. The smallest absolute Gasteiger partial charge is 0.305 e. The Morgan fingerprint density at radius 3 is 2.15 bits per heavy atom. The molecule has 0 unspecified atom stereocenters. The second-order valence-corrected chi connectivity index (χ2v) is 6.34. The first-order chi connectivity index (χ1) is 12.7. The standard InChI is InChI=1S/C21H20N2O3/c1-26-20(25)13-17-12-19(24)23(18(17)14-22)21(15-8-4-2-5-9-15)16-10-6-3-7-11-16/h2-11,17-18,21H,12-13H2,1H3/t17-,18-/m0/s1. The van der Waals surface area contributed by atoms with E-state index >= 15 is 0 Å². The van der Waals surface area contributed by atoms with E-state index in [4.69, 9.17) is 4.74 Å². The number of hydrogen-bond donors (Lipinski definition) is 0. The van der Waals surface area contributed by atoms with Gasteiger partial charge in [0.05, 0.1) is 25.6 Å². The van der Waals surface area contributed by atoms with Gasteiger partial charge in [-0.2, -0.15) is 5.26 Å². The van der Waals surface area contributed by atoms with Gasteiger partial charge in [0, 0.05) is 12.3 Å². The molecule has 1 amide bonds. The molecule has 0 aliphatic carbocycles. The lowest BCUT2D eigenvalue weighted by Gasteiger charge is -2.32. The summed E-state index contributed by atoms with van der Waals surface area (Å²) in [5.41, 5.74) is 1.87. The molecule has 2 atom stereocenters. The summed E-state index contributed by atoms with van der Waals surface area (Å²) >= 11 is 0. The summed E-state index contributed by atoms with van der Waals surface area (Å²) in [6, 6.07) is 20.5. The monoisotopic (exact) mass is 348 g/mol. The minimum Gasteiger partial charge on any atom is -0.469 e. The molecule has 0 saturated carbocycles. The zero-order valence-corrected chi connectivity index (χ0v) is 14.5. The highest BCUT2D eigenvalue weighted by Crippen LogP contribution is 2.38. The average Bonchev–Trinajstić information content (AvgIpc) is 2.98. The van der Waals surface area contributed by atoms with E-state index in [0.29, 0.717) is 0 Å². The molecule has 5 heteroatoms. The largest absolute Gasteiger partial charge is 0.469 e. The van der Waals surface area contributed by atoms with E-state index in [2.05, 4.69) is 6.07 Å². The van der Waals surface area contributed by atoms with Crippen LogP contribution in [0.5, 0.6) is 0 Å². The van der Waals surface area contributed by atoms with Crippen LogP contribution in [0.2, 0.25) is 0 Å². The molecule has 1 saturated heterocycles. The maximum absolute atomic E-state index is 12.8. The van der Waals surface area contributed by atoms with Crippen molar-refractivity contribution in [2.45, 2.75) is 24.9 Å². The van der Waals surface area contributed by atoms with Crippen LogP contribution in [0.15, 0.2) is 60.7 Å². The van der Waals surface area contributed by atoms with Gasteiger partial charge in [0.2, 0.25) is 5.91 Å². The van der Waals surface area contributed by atoms with Gasteiger partial charge in [-0.1, -0.05) is 60.7 Å². The third kappa shape index (κ3) is 3.45. The van der Waals surface area contributed by atoms with Crippen LogP contribution in [0, 0.1) is 17.2 Å². The molecule has 1 fully saturated rings. The molecule has 26 heavy (non-hydrogen) atoms. The first-order valence-electron chi connectivity index (χ1n) is 8.53. The zero-order valence-electron chi connectivity index (χ0n) is 14.5. The van der Waals surface area contributed by atoms with E-state index in [-0.39, 0.29) is 30.7 Å². The van der Waals surface area contributed by atoms with E-state index in [0.717, 1.165) is 11.1 Å². The Bertz CT molecular complexity index is 775. The lowest BCUT2D eigenvalue weighted by molar-refractivity contribution is -0.141. The van der Waals surface area contributed by atoms with Gasteiger partial charge in [-0.15, -0.1) is 0 Å². The number of hydrogen-bond acceptors (Lipinski definition) is 4. The number of amides is 1. The molecule has 0 bridgehead atoms. The number of carbonyl (C=O) groups is 2. The molecule has 132 valence electrons. The van der Waals surface area contributed by atoms with Crippen molar-refractivity contribution in [2.24, 2.45) is 5.92 Å². The van der Waals surface area contributed by atoms with Crippen molar-refractivity contribution in [1.82, 2.24) is 4.90 Å². The minimum absolute atomic E-state index is 0.0628. The van der Waals surface area contributed by atoms with Gasteiger partial charge in [0.1, 0.15) is 6.04 Å². The van der Waals surface area contributed by atoms with Crippen LogP contribution < -0.4 is 0 Å². The third-order valence-electron chi connectivity index (χ3n) is 4.77. The topological polar surface area (TPSA) is 70.4 Å². The summed E-state index contributed by atoms with van der Waals surface area (Å²) in [4.78, 5) is 26.1. The van der Waals surface area contributed by atoms with Crippen molar-refractivity contribution in [3.8, 4) is 6.07 Å². The molecule has 0 N–H and O–H groups in total. The van der Waals surface area contributed by atoms with Crippen molar-refractivity contribution in [1.29, 1.82) is 5.26 Å². The normalized spacial score (nSPS) is 19.4. The van der Waals surface area contributed by atoms with Crippen molar-refractivity contribution >= 4 is 11.9 Å². The van der Waals surface area contributed by atoms with Crippen LogP contribution in [0.3, 0.4) is 0 Å². The Kier molecular flexibility index (Phi) is 5.33. The first-order valence-corrected chi connectivity index (χ1v) is 8.53. The van der Waals surface area contributed by atoms with E-state index in [1.54, 1.807) is 4.90 Å². The Hall–Kier alpha value is -3.13. The quantitative estimate of drug-likeness (QED) is 0.779. The predicted octanol–water partition coefficient (Wildman–Crippen LogP) is 3.08. The van der Waals surface area contributed by atoms with Crippen molar-refractivity contribution in [2.75, 3.05) is 7.11 Å². The van der Waals surface area contributed by atoms with Crippen LogP contribution in [0.1, 0.15) is 30.0 Å². The van der Waals surface area contributed by atoms with Gasteiger partial charge in [-0.25, -0.2) is 0 Å². The van der Waals surface area contributed by atoms with Gasteiger partial charge in [0.15, 0.2) is 0 Å². The molecule has 2 aromatic rings. The molecule has 1 heterocycles. The summed E-state index contributed by atoms with van der Waals surface area (Å²) in [6.45, 7) is 0. The molecular weight excluding hydrogens is 328 g/mol. The first kappa shape index (κ1) is 17.7. The Balaban J connectivity index is 2.02. The van der Waals surface area contributed by atoms with Gasteiger partial charge in [-0.05, 0) is 11.1 Å². The van der Waals surface area contributed by atoms with Gasteiger partial charge < -0.3 is 9.64 Å². The number of rotatable bonds is 5. The molecule has 2 aromatic carbocycles. The van der Waals surface area contributed by atoms with Crippen LogP contribution in [-0.2, 0) is 14.3 Å². The van der Waals surface area contributed by atoms with Crippen LogP contribution in [0.25, 0.3) is 0 Å². The summed E-state index contributed by atoms with van der Waals surface area (Å²) in [5.74, 6) is -0.890. The fraction of sp³-hybridized carbons (Fsp3) is 0.286. The highest BCUT2D eigenvalue weighted by Gasteiger charge is 2.45. The summed E-state index contributed by atoms with van der Waals surface area (Å²) < 4.78 is 4.73. The molecule has 1 aliphatic rings. The molecule has 3 rings (SSSR count). The van der Waals surface area contributed by atoms with Crippen molar-refractivity contribution < 1.29 is 14.3 Å². The Labute approximate surface area is 152 Å². The SMILES string of the molecule is COC(=O)C[C@@H]1CC(=O)N(C(c2ccccc2)c2ccccc2)[C@H]1C#N. The van der Waals surface area contributed by atoms with Crippen molar-refractivity contribution in [3.05, 3.63) is 71.8 Å². The lowest BCUT2D eigenvalue weighted by Crippen LogP contribution is -2.38.